The van der Waals surface area contributed by atoms with Gasteiger partial charge in [-0.2, -0.15) is 18.3 Å². The standard InChI is InChI=1S/C33H35F4N5O2/c1-5-20-8-7-9-21(6-2)30(20)42-31(24-15-26(34)28(39-32(38)43)16-29(24)44-4)25-18-41(13-12-27(25)40-42)17-22-10-11-23(14-19(22)3)33(35,36)37/h7-11,14-16H,5-6,12-13,17-18H2,1-4H3,(H3,38,39,43). The van der Waals surface area contributed by atoms with Gasteiger partial charge in [-0.05, 0) is 60.2 Å². The van der Waals surface area contributed by atoms with Crippen molar-refractivity contribution >= 4 is 11.7 Å². The maximum atomic E-state index is 15.5. The van der Waals surface area contributed by atoms with Gasteiger partial charge in [0.05, 0.1) is 35.4 Å². The molecule has 0 radical (unpaired) electrons. The van der Waals surface area contributed by atoms with E-state index in [4.69, 9.17) is 15.6 Å². The lowest BCUT2D eigenvalue weighted by molar-refractivity contribution is -0.137. The number of primary amides is 1. The molecule has 0 spiro atoms. The largest absolute Gasteiger partial charge is 0.496 e. The zero-order valence-corrected chi connectivity index (χ0v) is 25.1. The SMILES string of the molecule is CCc1cccc(CC)c1-n1nc2c(c1-c1cc(F)c(NC(N)=O)cc1OC)CN(Cc1ccc(C(F)(F)F)cc1C)CC2. The van der Waals surface area contributed by atoms with Gasteiger partial charge in [0.1, 0.15) is 11.6 Å². The van der Waals surface area contributed by atoms with Gasteiger partial charge in [-0.15, -0.1) is 0 Å². The van der Waals surface area contributed by atoms with Gasteiger partial charge in [0.25, 0.3) is 0 Å². The quantitative estimate of drug-likeness (QED) is 0.207. The van der Waals surface area contributed by atoms with Crippen LogP contribution in [-0.2, 0) is 38.5 Å². The number of nitrogens with two attached hydrogens (primary N) is 1. The maximum absolute atomic E-state index is 15.5. The van der Waals surface area contributed by atoms with Crippen LogP contribution in [0, 0.1) is 12.7 Å². The number of alkyl halides is 3. The number of carbonyl (C=O) groups is 1. The van der Waals surface area contributed by atoms with E-state index in [0.29, 0.717) is 48.6 Å². The number of nitrogens with one attached hydrogen (secondary N) is 1. The molecule has 1 aliphatic heterocycles. The summed E-state index contributed by atoms with van der Waals surface area (Å²) < 4.78 is 62.9. The number of ether oxygens (including phenoxy) is 1. The molecule has 1 aromatic heterocycles. The van der Waals surface area contributed by atoms with Crippen LogP contribution in [0.3, 0.4) is 0 Å². The average Bonchev–Trinajstić information content (AvgIpc) is 3.35. The highest BCUT2D eigenvalue weighted by atomic mass is 19.4. The Morgan fingerprint density at radius 2 is 1.77 bits per heavy atom. The number of anilines is 1. The van der Waals surface area contributed by atoms with E-state index in [-0.39, 0.29) is 5.69 Å². The van der Waals surface area contributed by atoms with Crippen molar-refractivity contribution in [3.8, 4) is 22.7 Å². The highest BCUT2D eigenvalue weighted by Crippen LogP contribution is 2.41. The predicted molar refractivity (Wildman–Crippen MR) is 161 cm³/mol. The third-order valence-corrected chi connectivity index (χ3v) is 8.16. The number of benzene rings is 3. The Labute approximate surface area is 253 Å². The number of urea groups is 1. The molecule has 0 aliphatic carbocycles. The summed E-state index contributed by atoms with van der Waals surface area (Å²) in [5.41, 5.74) is 11.8. The summed E-state index contributed by atoms with van der Waals surface area (Å²) in [6.07, 6.45) is -2.31. The molecule has 232 valence electrons. The molecule has 0 unspecified atom stereocenters. The van der Waals surface area contributed by atoms with Gasteiger partial charge < -0.3 is 15.8 Å². The van der Waals surface area contributed by atoms with Crippen molar-refractivity contribution in [2.75, 3.05) is 19.0 Å². The van der Waals surface area contributed by atoms with Gasteiger partial charge >= 0.3 is 12.2 Å². The molecule has 3 N–H and O–H groups in total. The first-order valence-corrected chi connectivity index (χ1v) is 14.5. The lowest BCUT2D eigenvalue weighted by Crippen LogP contribution is -2.30. The summed E-state index contributed by atoms with van der Waals surface area (Å²) >= 11 is 0. The van der Waals surface area contributed by atoms with Crippen LogP contribution in [0.1, 0.15) is 52.9 Å². The average molecular weight is 610 g/mol. The van der Waals surface area contributed by atoms with E-state index in [1.807, 2.05) is 10.7 Å². The molecule has 0 bridgehead atoms. The van der Waals surface area contributed by atoms with Gasteiger partial charge in [-0.3, -0.25) is 4.90 Å². The van der Waals surface area contributed by atoms with E-state index >= 15 is 4.39 Å². The number of hydrogen-bond donors (Lipinski definition) is 2. The summed E-state index contributed by atoms with van der Waals surface area (Å²) in [6.45, 7) is 7.35. The van der Waals surface area contributed by atoms with Gasteiger partial charge in [-0.1, -0.05) is 38.1 Å². The minimum atomic E-state index is -4.41. The summed E-state index contributed by atoms with van der Waals surface area (Å²) in [4.78, 5) is 13.7. The molecule has 2 amide bonds. The maximum Gasteiger partial charge on any atom is 0.416 e. The minimum absolute atomic E-state index is 0.111. The van der Waals surface area contributed by atoms with Crippen molar-refractivity contribution in [2.45, 2.75) is 59.3 Å². The first-order valence-electron chi connectivity index (χ1n) is 14.5. The molecular weight excluding hydrogens is 574 g/mol. The van der Waals surface area contributed by atoms with Crippen molar-refractivity contribution in [2.24, 2.45) is 5.73 Å². The second-order valence-corrected chi connectivity index (χ2v) is 10.9. The number of aromatic nitrogens is 2. The Kier molecular flexibility index (Phi) is 8.69. The minimum Gasteiger partial charge on any atom is -0.496 e. The second kappa shape index (κ2) is 12.3. The molecule has 44 heavy (non-hydrogen) atoms. The highest BCUT2D eigenvalue weighted by Gasteiger charge is 2.32. The molecule has 0 saturated heterocycles. The monoisotopic (exact) mass is 609 g/mol. The lowest BCUT2D eigenvalue weighted by atomic mass is 9.97. The van der Waals surface area contributed by atoms with Crippen LogP contribution in [0.4, 0.5) is 28.0 Å². The van der Waals surface area contributed by atoms with Crippen molar-refractivity contribution < 1.29 is 27.1 Å². The van der Waals surface area contributed by atoms with Crippen molar-refractivity contribution in [1.82, 2.24) is 14.7 Å². The van der Waals surface area contributed by atoms with Crippen LogP contribution in [0.5, 0.6) is 5.75 Å². The van der Waals surface area contributed by atoms with Crippen molar-refractivity contribution in [3.05, 3.63) is 93.4 Å². The number of nitrogens with zero attached hydrogens (tertiary/aromatic N) is 3. The Hall–Kier alpha value is -4.38. The number of para-hydroxylation sites is 1. The van der Waals surface area contributed by atoms with Crippen LogP contribution in [-0.4, -0.2) is 34.4 Å². The Morgan fingerprint density at radius 1 is 1.07 bits per heavy atom. The highest BCUT2D eigenvalue weighted by molar-refractivity contribution is 5.89. The summed E-state index contributed by atoms with van der Waals surface area (Å²) in [5, 5.41) is 7.39. The molecule has 0 saturated carbocycles. The van der Waals surface area contributed by atoms with E-state index < -0.39 is 23.6 Å². The lowest BCUT2D eigenvalue weighted by Gasteiger charge is -2.28. The number of fused-ring (bicyclic) bond motifs is 1. The first-order chi connectivity index (χ1) is 20.9. The van der Waals surface area contributed by atoms with Gasteiger partial charge in [0.2, 0.25) is 0 Å². The summed E-state index contributed by atoms with van der Waals surface area (Å²) in [7, 11) is 1.47. The molecule has 0 fully saturated rings. The molecule has 3 aromatic carbocycles. The number of methoxy groups -OCH3 is 1. The van der Waals surface area contributed by atoms with Gasteiger partial charge in [0.15, 0.2) is 0 Å². The fourth-order valence-electron chi connectivity index (χ4n) is 5.92. The van der Waals surface area contributed by atoms with E-state index in [2.05, 4.69) is 36.2 Å². The van der Waals surface area contributed by atoms with Crippen molar-refractivity contribution in [1.29, 1.82) is 0 Å². The van der Waals surface area contributed by atoms with Crippen LogP contribution >= 0.6 is 0 Å². The number of amides is 2. The van der Waals surface area contributed by atoms with Crippen LogP contribution in [0.25, 0.3) is 16.9 Å². The first kappa shape index (κ1) is 31.1. The van der Waals surface area contributed by atoms with E-state index in [9.17, 15) is 18.0 Å². The topological polar surface area (TPSA) is 85.4 Å². The number of rotatable bonds is 8. The second-order valence-electron chi connectivity index (χ2n) is 10.9. The molecule has 11 heteroatoms. The number of halogens is 4. The smallest absolute Gasteiger partial charge is 0.416 e. The molecule has 4 aromatic rings. The third-order valence-electron chi connectivity index (χ3n) is 8.16. The Bertz CT molecular complexity index is 1690. The van der Waals surface area contributed by atoms with E-state index in [1.54, 1.807) is 6.92 Å². The van der Waals surface area contributed by atoms with E-state index in [0.717, 1.165) is 52.5 Å². The normalized spacial score (nSPS) is 13.5. The zero-order chi connectivity index (χ0) is 31.8. The van der Waals surface area contributed by atoms with Gasteiger partial charge in [0, 0.05) is 43.2 Å². The number of hydrogen-bond acceptors (Lipinski definition) is 4. The summed E-state index contributed by atoms with van der Waals surface area (Å²) in [5.74, 6) is -0.365. The van der Waals surface area contributed by atoms with Crippen molar-refractivity contribution in [3.63, 3.8) is 0 Å². The molecule has 2 heterocycles. The predicted octanol–water partition coefficient (Wildman–Crippen LogP) is 7.19. The third kappa shape index (κ3) is 6.01. The molecule has 1 aliphatic rings. The number of carbonyl (C=O) groups excluding carboxylic acids is 1. The number of aryl methyl sites for hydroxylation is 3. The molecule has 5 rings (SSSR count). The molecular formula is C33H35F4N5O2. The van der Waals surface area contributed by atoms with Gasteiger partial charge in [-0.25, -0.2) is 13.9 Å². The fraction of sp³-hybridized carbons (Fsp3) is 0.333. The van der Waals surface area contributed by atoms with Crippen LogP contribution in [0.2, 0.25) is 0 Å². The Balaban J connectivity index is 1.66. The Morgan fingerprint density at radius 3 is 2.36 bits per heavy atom. The fourth-order valence-corrected chi connectivity index (χ4v) is 5.92. The van der Waals surface area contributed by atoms with E-state index in [1.165, 1.54) is 31.4 Å². The molecule has 7 nitrogen and oxygen atoms in total. The summed E-state index contributed by atoms with van der Waals surface area (Å²) in [6, 6.07) is 11.8. The molecule has 0 atom stereocenters. The van der Waals surface area contributed by atoms with Crippen LogP contribution in [0.15, 0.2) is 48.5 Å². The van der Waals surface area contributed by atoms with Crippen LogP contribution < -0.4 is 15.8 Å². The zero-order valence-electron chi connectivity index (χ0n) is 25.1.